The minimum atomic E-state index is -0.229. The van der Waals surface area contributed by atoms with Gasteiger partial charge in [-0.05, 0) is 30.4 Å². The van der Waals surface area contributed by atoms with E-state index in [0.29, 0.717) is 12.5 Å². The monoisotopic (exact) mass is 249 g/mol. The molecule has 0 radical (unpaired) electrons. The van der Waals surface area contributed by atoms with Gasteiger partial charge in [-0.1, -0.05) is 51.5 Å². The molecule has 2 unspecified atom stereocenters. The topological polar surface area (TPSA) is 32.3 Å². The summed E-state index contributed by atoms with van der Waals surface area (Å²) >= 11 is 0. The summed E-state index contributed by atoms with van der Waals surface area (Å²) in [4.78, 5) is 0. The molecule has 0 saturated carbocycles. The molecule has 0 aliphatic carbocycles. The molecule has 0 aliphatic heterocycles. The SMILES string of the molecule is CCCC(O)CNC(C)c1ccc(C(C)C)cc1. The third-order valence-corrected chi connectivity index (χ3v) is 3.38. The van der Waals surface area contributed by atoms with Gasteiger partial charge in [0, 0.05) is 12.6 Å². The Hall–Kier alpha value is -0.860. The smallest absolute Gasteiger partial charge is 0.0664 e. The Labute approximate surface area is 111 Å². The summed E-state index contributed by atoms with van der Waals surface area (Å²) in [7, 11) is 0. The summed E-state index contributed by atoms with van der Waals surface area (Å²) in [5.41, 5.74) is 2.65. The van der Waals surface area contributed by atoms with Crippen LogP contribution in [0.2, 0.25) is 0 Å². The number of rotatable bonds is 7. The van der Waals surface area contributed by atoms with Crippen LogP contribution in [0.25, 0.3) is 0 Å². The van der Waals surface area contributed by atoms with Crippen molar-refractivity contribution in [1.29, 1.82) is 0 Å². The molecule has 18 heavy (non-hydrogen) atoms. The Kier molecular flexibility index (Phi) is 6.37. The standard InChI is InChI=1S/C16H27NO/c1-5-6-16(18)11-17-13(4)15-9-7-14(8-10-15)12(2)3/h7-10,12-13,16-18H,5-6,11H2,1-4H3. The lowest BCUT2D eigenvalue weighted by atomic mass is 9.99. The summed E-state index contributed by atoms with van der Waals surface area (Å²) in [5.74, 6) is 0.577. The molecular weight excluding hydrogens is 222 g/mol. The molecule has 0 heterocycles. The molecule has 0 aromatic heterocycles. The lowest BCUT2D eigenvalue weighted by Crippen LogP contribution is -2.28. The van der Waals surface area contributed by atoms with E-state index in [1.165, 1.54) is 11.1 Å². The summed E-state index contributed by atoms with van der Waals surface area (Å²) in [6.07, 6.45) is 1.67. The second kappa shape index (κ2) is 7.55. The maximum absolute atomic E-state index is 9.70. The molecule has 0 amide bonds. The van der Waals surface area contributed by atoms with Crippen molar-refractivity contribution in [3.8, 4) is 0 Å². The average molecular weight is 249 g/mol. The Bertz CT molecular complexity index is 331. The molecule has 2 heteroatoms. The summed E-state index contributed by atoms with van der Waals surface area (Å²) in [6, 6.07) is 9.04. The molecule has 0 aliphatic rings. The van der Waals surface area contributed by atoms with Crippen molar-refractivity contribution >= 4 is 0 Å². The number of nitrogens with one attached hydrogen (secondary N) is 1. The molecule has 2 N–H and O–H groups in total. The van der Waals surface area contributed by atoms with Gasteiger partial charge < -0.3 is 10.4 Å². The van der Waals surface area contributed by atoms with Gasteiger partial charge in [-0.15, -0.1) is 0 Å². The van der Waals surface area contributed by atoms with E-state index < -0.39 is 0 Å². The van der Waals surface area contributed by atoms with E-state index in [1.54, 1.807) is 0 Å². The van der Waals surface area contributed by atoms with E-state index in [2.05, 4.69) is 57.3 Å². The fourth-order valence-corrected chi connectivity index (χ4v) is 2.04. The third kappa shape index (κ3) is 4.79. The molecule has 0 bridgehead atoms. The Morgan fingerprint density at radius 1 is 1.06 bits per heavy atom. The van der Waals surface area contributed by atoms with E-state index in [4.69, 9.17) is 0 Å². The third-order valence-electron chi connectivity index (χ3n) is 3.38. The highest BCUT2D eigenvalue weighted by molar-refractivity contribution is 5.26. The molecule has 0 spiro atoms. The predicted molar refractivity (Wildman–Crippen MR) is 77.9 cm³/mol. The van der Waals surface area contributed by atoms with Gasteiger partial charge >= 0.3 is 0 Å². The van der Waals surface area contributed by atoms with E-state index in [-0.39, 0.29) is 12.1 Å². The number of hydrogen-bond acceptors (Lipinski definition) is 2. The van der Waals surface area contributed by atoms with Crippen molar-refractivity contribution in [2.24, 2.45) is 0 Å². The number of aliphatic hydroxyl groups excluding tert-OH is 1. The van der Waals surface area contributed by atoms with Gasteiger partial charge in [0.2, 0.25) is 0 Å². The van der Waals surface area contributed by atoms with Gasteiger partial charge in [-0.3, -0.25) is 0 Å². The van der Waals surface area contributed by atoms with Crippen LogP contribution in [0.1, 0.15) is 63.6 Å². The van der Waals surface area contributed by atoms with Gasteiger partial charge in [0.1, 0.15) is 0 Å². The number of aliphatic hydroxyl groups is 1. The second-order valence-electron chi connectivity index (χ2n) is 5.39. The van der Waals surface area contributed by atoms with Crippen LogP contribution in [0.15, 0.2) is 24.3 Å². The van der Waals surface area contributed by atoms with Crippen molar-refractivity contribution in [3.63, 3.8) is 0 Å². The maximum Gasteiger partial charge on any atom is 0.0664 e. The average Bonchev–Trinajstić information content (AvgIpc) is 2.36. The van der Waals surface area contributed by atoms with Crippen molar-refractivity contribution in [2.75, 3.05) is 6.54 Å². The summed E-state index contributed by atoms with van der Waals surface area (Å²) < 4.78 is 0. The van der Waals surface area contributed by atoms with Crippen LogP contribution in [0.5, 0.6) is 0 Å². The minimum absolute atomic E-state index is 0.229. The maximum atomic E-state index is 9.70. The van der Waals surface area contributed by atoms with Crippen LogP contribution in [-0.4, -0.2) is 17.8 Å². The van der Waals surface area contributed by atoms with Gasteiger partial charge in [0.25, 0.3) is 0 Å². The second-order valence-corrected chi connectivity index (χ2v) is 5.39. The van der Waals surface area contributed by atoms with E-state index in [0.717, 1.165) is 12.8 Å². The van der Waals surface area contributed by atoms with E-state index >= 15 is 0 Å². The van der Waals surface area contributed by atoms with E-state index in [1.807, 2.05) is 0 Å². The quantitative estimate of drug-likeness (QED) is 0.773. The highest BCUT2D eigenvalue weighted by atomic mass is 16.3. The molecule has 2 nitrogen and oxygen atoms in total. The minimum Gasteiger partial charge on any atom is -0.392 e. The van der Waals surface area contributed by atoms with Crippen molar-refractivity contribution in [2.45, 2.75) is 58.6 Å². The number of benzene rings is 1. The zero-order chi connectivity index (χ0) is 13.5. The predicted octanol–water partition coefficient (Wildman–Crippen LogP) is 3.62. The van der Waals surface area contributed by atoms with Gasteiger partial charge in [0.15, 0.2) is 0 Å². The largest absolute Gasteiger partial charge is 0.392 e. The molecule has 1 rings (SSSR count). The lowest BCUT2D eigenvalue weighted by molar-refractivity contribution is 0.157. The van der Waals surface area contributed by atoms with Crippen molar-refractivity contribution in [3.05, 3.63) is 35.4 Å². The van der Waals surface area contributed by atoms with Crippen LogP contribution in [0.3, 0.4) is 0 Å². The normalized spacial score (nSPS) is 14.8. The molecular formula is C16H27NO. The lowest BCUT2D eigenvalue weighted by Gasteiger charge is -2.18. The van der Waals surface area contributed by atoms with Crippen molar-refractivity contribution < 1.29 is 5.11 Å². The van der Waals surface area contributed by atoms with Gasteiger partial charge in [-0.25, -0.2) is 0 Å². The van der Waals surface area contributed by atoms with Gasteiger partial charge in [-0.2, -0.15) is 0 Å². The molecule has 1 aromatic rings. The zero-order valence-electron chi connectivity index (χ0n) is 12.1. The van der Waals surface area contributed by atoms with Crippen molar-refractivity contribution in [1.82, 2.24) is 5.32 Å². The van der Waals surface area contributed by atoms with Crippen LogP contribution in [-0.2, 0) is 0 Å². The van der Waals surface area contributed by atoms with Crippen LogP contribution in [0, 0.1) is 0 Å². The Balaban J connectivity index is 2.48. The highest BCUT2D eigenvalue weighted by Gasteiger charge is 2.08. The fourth-order valence-electron chi connectivity index (χ4n) is 2.04. The van der Waals surface area contributed by atoms with Crippen LogP contribution >= 0.6 is 0 Å². The zero-order valence-corrected chi connectivity index (χ0v) is 12.1. The Morgan fingerprint density at radius 2 is 1.61 bits per heavy atom. The molecule has 1 aromatic carbocycles. The number of hydrogen-bond donors (Lipinski definition) is 2. The first-order valence-corrected chi connectivity index (χ1v) is 7.05. The summed E-state index contributed by atoms with van der Waals surface area (Å²) in [6.45, 7) is 9.32. The molecule has 102 valence electrons. The van der Waals surface area contributed by atoms with Crippen LogP contribution in [0.4, 0.5) is 0 Å². The Morgan fingerprint density at radius 3 is 2.11 bits per heavy atom. The van der Waals surface area contributed by atoms with Crippen LogP contribution < -0.4 is 5.32 Å². The van der Waals surface area contributed by atoms with E-state index in [9.17, 15) is 5.11 Å². The first-order valence-electron chi connectivity index (χ1n) is 7.05. The summed E-state index contributed by atoms with van der Waals surface area (Å²) in [5, 5.41) is 13.1. The van der Waals surface area contributed by atoms with Gasteiger partial charge in [0.05, 0.1) is 6.10 Å². The first-order chi connectivity index (χ1) is 8.54. The first kappa shape index (κ1) is 15.2. The molecule has 0 saturated heterocycles. The fraction of sp³-hybridized carbons (Fsp3) is 0.625. The molecule has 2 atom stereocenters. The molecule has 0 fully saturated rings. The highest BCUT2D eigenvalue weighted by Crippen LogP contribution is 2.18.